The predicted molar refractivity (Wildman–Crippen MR) is 90.1 cm³/mol. The zero-order valence-corrected chi connectivity index (χ0v) is 14.4. The van der Waals surface area contributed by atoms with Crippen LogP contribution in [-0.4, -0.2) is 18.4 Å². The smallest absolute Gasteiger partial charge is 0.263 e. The molecule has 21 heavy (non-hydrogen) atoms. The Bertz CT molecular complexity index is 812. The van der Waals surface area contributed by atoms with E-state index in [0.29, 0.717) is 10.0 Å². The molecule has 1 aromatic carbocycles. The molecule has 0 spiro atoms. The van der Waals surface area contributed by atoms with Crippen LogP contribution in [0.2, 0.25) is 5.02 Å². The third-order valence-corrected chi connectivity index (χ3v) is 4.82. The van der Waals surface area contributed by atoms with Gasteiger partial charge in [-0.05, 0) is 34.1 Å². The maximum Gasteiger partial charge on any atom is 0.263 e. The van der Waals surface area contributed by atoms with Crippen molar-refractivity contribution in [2.75, 3.05) is 4.72 Å². The van der Waals surface area contributed by atoms with Crippen molar-refractivity contribution in [3.8, 4) is 0 Å². The zero-order chi connectivity index (χ0) is 15.6. The molecule has 0 saturated heterocycles. The molecule has 110 valence electrons. The zero-order valence-electron chi connectivity index (χ0n) is 10.4. The number of rotatable bonds is 4. The highest BCUT2D eigenvalue weighted by Crippen LogP contribution is 2.26. The maximum absolute atomic E-state index is 12.3. The number of nitrogens with one attached hydrogen (secondary N) is 1. The number of aromatic nitrogens is 1. The van der Waals surface area contributed by atoms with E-state index >= 15 is 0 Å². The van der Waals surface area contributed by atoms with Gasteiger partial charge in [-0.1, -0.05) is 29.9 Å². The molecule has 0 amide bonds. The van der Waals surface area contributed by atoms with Gasteiger partial charge in [0.1, 0.15) is 9.88 Å². The third kappa shape index (κ3) is 3.91. The Kier molecular flexibility index (Phi) is 4.82. The number of thiocarbonyl (C=S) groups is 1. The number of benzene rings is 1. The summed E-state index contributed by atoms with van der Waals surface area (Å²) in [4.78, 5) is 3.98. The summed E-state index contributed by atoms with van der Waals surface area (Å²) < 4.78 is 27.5. The van der Waals surface area contributed by atoms with Crippen molar-refractivity contribution < 1.29 is 8.42 Å². The van der Waals surface area contributed by atoms with Crippen molar-refractivity contribution in [2.24, 2.45) is 5.73 Å². The fourth-order valence-corrected chi connectivity index (χ4v) is 3.42. The van der Waals surface area contributed by atoms with Crippen molar-refractivity contribution in [3.05, 3.63) is 51.7 Å². The molecule has 3 N–H and O–H groups in total. The highest BCUT2D eigenvalue weighted by Gasteiger charge is 2.17. The van der Waals surface area contributed by atoms with Gasteiger partial charge in [-0.3, -0.25) is 9.71 Å². The van der Waals surface area contributed by atoms with E-state index < -0.39 is 10.0 Å². The predicted octanol–water partition coefficient (Wildman–Crippen LogP) is 2.93. The van der Waals surface area contributed by atoms with Crippen LogP contribution in [0.4, 0.5) is 5.69 Å². The van der Waals surface area contributed by atoms with Gasteiger partial charge in [-0.15, -0.1) is 0 Å². The van der Waals surface area contributed by atoms with Crippen LogP contribution in [0.25, 0.3) is 0 Å². The SMILES string of the molecule is NC(=S)c1ccc(Cl)c(NS(=O)(=O)c2cncc(Br)c2)c1. The van der Waals surface area contributed by atoms with E-state index in [4.69, 9.17) is 29.6 Å². The number of anilines is 1. The molecule has 2 aromatic rings. The van der Waals surface area contributed by atoms with Crippen LogP contribution in [0.15, 0.2) is 46.0 Å². The lowest BCUT2D eigenvalue weighted by Crippen LogP contribution is -2.15. The van der Waals surface area contributed by atoms with E-state index in [1.54, 1.807) is 6.07 Å². The standard InChI is InChI=1S/C12H9BrClN3O2S2/c13-8-4-9(6-16-5-8)21(18,19)17-11-3-7(12(15)20)1-2-10(11)14/h1-6,17H,(H2,15,20). The monoisotopic (exact) mass is 405 g/mol. The summed E-state index contributed by atoms with van der Waals surface area (Å²) in [5, 5.41) is 0.238. The van der Waals surface area contributed by atoms with Gasteiger partial charge in [0.15, 0.2) is 0 Å². The molecule has 0 atom stereocenters. The molecule has 1 heterocycles. The molecule has 2 rings (SSSR count). The van der Waals surface area contributed by atoms with Gasteiger partial charge >= 0.3 is 0 Å². The first-order chi connectivity index (χ1) is 9.79. The first-order valence-electron chi connectivity index (χ1n) is 5.52. The molecule has 0 aliphatic rings. The van der Waals surface area contributed by atoms with Crippen LogP contribution in [0.3, 0.4) is 0 Å². The number of hydrogen-bond donors (Lipinski definition) is 2. The van der Waals surface area contributed by atoms with E-state index in [9.17, 15) is 8.42 Å². The van der Waals surface area contributed by atoms with E-state index in [-0.39, 0.29) is 20.6 Å². The third-order valence-electron chi connectivity index (χ3n) is 2.49. The number of hydrogen-bond acceptors (Lipinski definition) is 4. The van der Waals surface area contributed by atoms with Crippen LogP contribution in [0, 0.1) is 0 Å². The number of pyridine rings is 1. The molecule has 9 heteroatoms. The van der Waals surface area contributed by atoms with Crippen molar-refractivity contribution in [1.82, 2.24) is 4.98 Å². The van der Waals surface area contributed by atoms with Crippen LogP contribution in [-0.2, 0) is 10.0 Å². The lowest BCUT2D eigenvalue weighted by atomic mass is 10.2. The van der Waals surface area contributed by atoms with E-state index in [1.807, 2.05) is 0 Å². The number of halogens is 2. The molecule has 5 nitrogen and oxygen atoms in total. The highest BCUT2D eigenvalue weighted by molar-refractivity contribution is 9.10. The fourth-order valence-electron chi connectivity index (χ4n) is 1.50. The number of sulfonamides is 1. The minimum Gasteiger partial charge on any atom is -0.389 e. The van der Waals surface area contributed by atoms with Gasteiger partial charge in [0.05, 0.1) is 10.7 Å². The van der Waals surface area contributed by atoms with E-state index in [2.05, 4.69) is 25.6 Å². The minimum absolute atomic E-state index is 0.00803. The fraction of sp³-hybridized carbons (Fsp3) is 0. The largest absolute Gasteiger partial charge is 0.389 e. The quantitative estimate of drug-likeness (QED) is 0.763. The van der Waals surface area contributed by atoms with Crippen molar-refractivity contribution >= 4 is 60.4 Å². The number of nitrogens with zero attached hydrogens (tertiary/aromatic N) is 1. The molecule has 0 saturated carbocycles. The van der Waals surface area contributed by atoms with E-state index in [1.165, 1.54) is 30.6 Å². The summed E-state index contributed by atoms with van der Waals surface area (Å²) in [5.41, 5.74) is 6.23. The maximum atomic E-state index is 12.3. The summed E-state index contributed by atoms with van der Waals surface area (Å²) in [6.45, 7) is 0. The molecular formula is C12H9BrClN3O2S2. The summed E-state index contributed by atoms with van der Waals surface area (Å²) >= 11 is 14.0. The van der Waals surface area contributed by atoms with Gasteiger partial charge in [0.25, 0.3) is 10.0 Å². The summed E-state index contributed by atoms with van der Waals surface area (Å²) in [6, 6.07) is 6.05. The second-order valence-corrected chi connectivity index (χ2v) is 7.45. The molecule has 0 aliphatic carbocycles. The number of nitrogens with two attached hydrogens (primary N) is 1. The lowest BCUT2D eigenvalue weighted by molar-refractivity contribution is 0.600. The first kappa shape index (κ1) is 16.2. The Morgan fingerprint density at radius 3 is 2.67 bits per heavy atom. The van der Waals surface area contributed by atoms with Crippen LogP contribution in [0.5, 0.6) is 0 Å². The lowest BCUT2D eigenvalue weighted by Gasteiger charge is -2.11. The van der Waals surface area contributed by atoms with Crippen LogP contribution in [0.1, 0.15) is 5.56 Å². The Morgan fingerprint density at radius 2 is 2.05 bits per heavy atom. The average Bonchev–Trinajstić information content (AvgIpc) is 2.41. The minimum atomic E-state index is -3.81. The molecule has 0 aliphatic heterocycles. The topological polar surface area (TPSA) is 85.1 Å². The van der Waals surface area contributed by atoms with Gasteiger partial charge in [0, 0.05) is 22.4 Å². The van der Waals surface area contributed by atoms with Crippen molar-refractivity contribution in [3.63, 3.8) is 0 Å². The Hall–Kier alpha value is -1.22. The van der Waals surface area contributed by atoms with E-state index in [0.717, 1.165) is 0 Å². The Labute approximate surface area is 140 Å². The second-order valence-electron chi connectivity index (χ2n) is 4.00. The second kappa shape index (κ2) is 6.27. The molecular weight excluding hydrogens is 398 g/mol. The highest BCUT2D eigenvalue weighted by atomic mass is 79.9. The molecule has 0 bridgehead atoms. The van der Waals surface area contributed by atoms with Crippen molar-refractivity contribution in [1.29, 1.82) is 0 Å². The normalized spacial score (nSPS) is 11.1. The summed E-state index contributed by atoms with van der Waals surface area (Å²) in [6.07, 6.45) is 2.72. The van der Waals surface area contributed by atoms with Gasteiger partial charge < -0.3 is 5.73 Å². The Morgan fingerprint density at radius 1 is 1.33 bits per heavy atom. The summed E-state index contributed by atoms with van der Waals surface area (Å²) in [7, 11) is -3.81. The van der Waals surface area contributed by atoms with Crippen LogP contribution < -0.4 is 10.5 Å². The van der Waals surface area contributed by atoms with Gasteiger partial charge in [-0.2, -0.15) is 0 Å². The van der Waals surface area contributed by atoms with Crippen molar-refractivity contribution in [2.45, 2.75) is 4.90 Å². The van der Waals surface area contributed by atoms with Gasteiger partial charge in [-0.25, -0.2) is 8.42 Å². The summed E-state index contributed by atoms with van der Waals surface area (Å²) in [5.74, 6) is 0. The van der Waals surface area contributed by atoms with Gasteiger partial charge in [0.2, 0.25) is 0 Å². The molecule has 0 radical (unpaired) electrons. The first-order valence-corrected chi connectivity index (χ1v) is 8.58. The average molecular weight is 407 g/mol. The molecule has 0 unspecified atom stereocenters. The Balaban J connectivity index is 2.41. The molecule has 0 fully saturated rings. The molecule has 1 aromatic heterocycles. The van der Waals surface area contributed by atoms with Crippen LogP contribution >= 0.6 is 39.7 Å².